The summed E-state index contributed by atoms with van der Waals surface area (Å²) in [4.78, 5) is 7.01. The molecule has 0 spiro atoms. The number of halogens is 1. The molecule has 2 aromatic rings. The maximum atomic E-state index is 9.91. The van der Waals surface area contributed by atoms with Crippen molar-refractivity contribution in [3.63, 3.8) is 0 Å². The van der Waals surface area contributed by atoms with E-state index in [1.165, 1.54) is 24.9 Å². The van der Waals surface area contributed by atoms with Gasteiger partial charge in [-0.05, 0) is 49.6 Å². The van der Waals surface area contributed by atoms with Gasteiger partial charge in [0.2, 0.25) is 0 Å². The standard InChI is InChI=1S/C18H19BrN2O/c19-15-8-9-18(22)14(12-15)13-20-16-6-2-3-7-17(16)21-10-4-1-5-11-21/h2-3,6-9,12-13,22H,1,4-5,10-11H2. The zero-order valence-corrected chi connectivity index (χ0v) is 14.0. The minimum atomic E-state index is 0.238. The predicted molar refractivity (Wildman–Crippen MR) is 95.6 cm³/mol. The Morgan fingerprint density at radius 2 is 1.82 bits per heavy atom. The van der Waals surface area contributed by atoms with E-state index in [9.17, 15) is 5.11 Å². The maximum absolute atomic E-state index is 9.91. The number of aliphatic imine (C=N–C) groups is 1. The first-order valence-electron chi connectivity index (χ1n) is 7.60. The van der Waals surface area contributed by atoms with Crippen molar-refractivity contribution < 1.29 is 5.11 Å². The molecule has 22 heavy (non-hydrogen) atoms. The van der Waals surface area contributed by atoms with Gasteiger partial charge in [0.15, 0.2) is 0 Å². The van der Waals surface area contributed by atoms with Crippen LogP contribution in [-0.2, 0) is 0 Å². The highest BCUT2D eigenvalue weighted by molar-refractivity contribution is 9.10. The summed E-state index contributed by atoms with van der Waals surface area (Å²) in [5, 5.41) is 9.91. The monoisotopic (exact) mass is 358 g/mol. The van der Waals surface area contributed by atoms with Crippen molar-refractivity contribution in [3.8, 4) is 5.75 Å². The molecular weight excluding hydrogens is 340 g/mol. The number of hydrogen-bond acceptors (Lipinski definition) is 3. The molecule has 3 rings (SSSR count). The Hall–Kier alpha value is -1.81. The molecule has 1 N–H and O–H groups in total. The zero-order chi connectivity index (χ0) is 15.4. The lowest BCUT2D eigenvalue weighted by Gasteiger charge is -2.29. The van der Waals surface area contributed by atoms with E-state index in [0.717, 1.165) is 23.2 Å². The summed E-state index contributed by atoms with van der Waals surface area (Å²) in [5.74, 6) is 0.238. The number of para-hydroxylation sites is 2. The van der Waals surface area contributed by atoms with Crippen LogP contribution in [0.15, 0.2) is 51.9 Å². The second-order valence-electron chi connectivity index (χ2n) is 5.50. The van der Waals surface area contributed by atoms with E-state index in [-0.39, 0.29) is 5.75 Å². The van der Waals surface area contributed by atoms with Crippen LogP contribution in [0.3, 0.4) is 0 Å². The van der Waals surface area contributed by atoms with Crippen LogP contribution in [0.5, 0.6) is 5.75 Å². The van der Waals surface area contributed by atoms with Crippen LogP contribution in [0, 0.1) is 0 Å². The van der Waals surface area contributed by atoms with E-state index < -0.39 is 0 Å². The first kappa shape index (κ1) is 15.1. The van der Waals surface area contributed by atoms with Crippen molar-refractivity contribution in [2.45, 2.75) is 19.3 Å². The highest BCUT2D eigenvalue weighted by atomic mass is 79.9. The molecule has 0 aliphatic carbocycles. The maximum Gasteiger partial charge on any atom is 0.124 e. The van der Waals surface area contributed by atoms with E-state index in [0.29, 0.717) is 5.56 Å². The van der Waals surface area contributed by atoms with Gasteiger partial charge in [-0.1, -0.05) is 28.1 Å². The van der Waals surface area contributed by atoms with Gasteiger partial charge in [0.25, 0.3) is 0 Å². The van der Waals surface area contributed by atoms with Gasteiger partial charge in [0.1, 0.15) is 5.75 Å². The van der Waals surface area contributed by atoms with E-state index >= 15 is 0 Å². The second kappa shape index (κ2) is 6.97. The molecule has 0 unspecified atom stereocenters. The molecule has 0 atom stereocenters. The van der Waals surface area contributed by atoms with Gasteiger partial charge in [-0.25, -0.2) is 0 Å². The fraction of sp³-hybridized carbons (Fsp3) is 0.278. The van der Waals surface area contributed by atoms with Gasteiger partial charge in [-0.15, -0.1) is 0 Å². The minimum absolute atomic E-state index is 0.238. The summed E-state index contributed by atoms with van der Waals surface area (Å²) in [6.07, 6.45) is 5.52. The van der Waals surface area contributed by atoms with Crippen LogP contribution in [0.1, 0.15) is 24.8 Å². The third-order valence-electron chi connectivity index (χ3n) is 3.91. The largest absolute Gasteiger partial charge is 0.507 e. The first-order valence-corrected chi connectivity index (χ1v) is 8.40. The molecule has 2 aromatic carbocycles. The van der Waals surface area contributed by atoms with Crippen LogP contribution >= 0.6 is 15.9 Å². The molecule has 0 radical (unpaired) electrons. The predicted octanol–water partition coefficient (Wildman–Crippen LogP) is 4.90. The van der Waals surface area contributed by atoms with Crippen molar-refractivity contribution in [2.75, 3.05) is 18.0 Å². The molecule has 0 saturated carbocycles. The summed E-state index contributed by atoms with van der Waals surface area (Å²) in [6, 6.07) is 13.5. The molecule has 4 heteroatoms. The summed E-state index contributed by atoms with van der Waals surface area (Å²) >= 11 is 3.42. The van der Waals surface area contributed by atoms with Crippen molar-refractivity contribution in [3.05, 3.63) is 52.5 Å². The van der Waals surface area contributed by atoms with Crippen LogP contribution in [0.4, 0.5) is 11.4 Å². The lowest BCUT2D eigenvalue weighted by atomic mass is 10.1. The van der Waals surface area contributed by atoms with Crippen LogP contribution in [0.25, 0.3) is 0 Å². The molecule has 0 aromatic heterocycles. The molecule has 114 valence electrons. The van der Waals surface area contributed by atoms with Crippen LogP contribution in [-0.4, -0.2) is 24.4 Å². The highest BCUT2D eigenvalue weighted by Gasteiger charge is 2.13. The Morgan fingerprint density at radius 1 is 1.05 bits per heavy atom. The summed E-state index contributed by atoms with van der Waals surface area (Å²) < 4.78 is 0.927. The van der Waals surface area contributed by atoms with Gasteiger partial charge in [0.05, 0.1) is 11.4 Å². The zero-order valence-electron chi connectivity index (χ0n) is 12.4. The number of hydrogen-bond donors (Lipinski definition) is 1. The average molecular weight is 359 g/mol. The number of anilines is 1. The van der Waals surface area contributed by atoms with E-state index in [1.807, 2.05) is 24.3 Å². The normalized spacial score (nSPS) is 15.4. The Balaban J connectivity index is 1.88. The Morgan fingerprint density at radius 3 is 2.64 bits per heavy atom. The third kappa shape index (κ3) is 3.50. The average Bonchev–Trinajstić information content (AvgIpc) is 2.57. The number of aromatic hydroxyl groups is 1. The van der Waals surface area contributed by atoms with E-state index in [1.54, 1.807) is 12.3 Å². The molecule has 0 bridgehead atoms. The molecule has 3 nitrogen and oxygen atoms in total. The highest BCUT2D eigenvalue weighted by Crippen LogP contribution is 2.31. The van der Waals surface area contributed by atoms with Crippen molar-refractivity contribution in [2.24, 2.45) is 4.99 Å². The van der Waals surface area contributed by atoms with Crippen molar-refractivity contribution in [1.82, 2.24) is 0 Å². The Labute approximate surface area is 139 Å². The molecule has 1 aliphatic rings. The number of piperidine rings is 1. The van der Waals surface area contributed by atoms with Gasteiger partial charge in [-0.2, -0.15) is 0 Å². The van der Waals surface area contributed by atoms with Crippen LogP contribution < -0.4 is 4.90 Å². The Kier molecular flexibility index (Phi) is 4.78. The van der Waals surface area contributed by atoms with Crippen molar-refractivity contribution >= 4 is 33.5 Å². The van der Waals surface area contributed by atoms with Crippen LogP contribution in [0.2, 0.25) is 0 Å². The SMILES string of the molecule is Oc1ccc(Br)cc1C=Nc1ccccc1N1CCCCC1. The smallest absolute Gasteiger partial charge is 0.124 e. The minimum Gasteiger partial charge on any atom is -0.507 e. The fourth-order valence-corrected chi connectivity index (χ4v) is 3.12. The van der Waals surface area contributed by atoms with E-state index in [4.69, 9.17) is 0 Å². The molecule has 1 heterocycles. The summed E-state index contributed by atoms with van der Waals surface area (Å²) in [6.45, 7) is 2.18. The van der Waals surface area contributed by atoms with E-state index in [2.05, 4.69) is 38.0 Å². The summed E-state index contributed by atoms with van der Waals surface area (Å²) in [7, 11) is 0. The molecule has 0 amide bonds. The summed E-state index contributed by atoms with van der Waals surface area (Å²) in [5.41, 5.74) is 2.83. The molecular formula is C18H19BrN2O. The number of phenolic OH excluding ortho intramolecular Hbond substituents is 1. The first-order chi connectivity index (χ1) is 10.7. The van der Waals surface area contributed by atoms with Gasteiger partial charge >= 0.3 is 0 Å². The lowest BCUT2D eigenvalue weighted by Crippen LogP contribution is -2.29. The fourth-order valence-electron chi connectivity index (χ4n) is 2.74. The number of nitrogens with zero attached hydrogens (tertiary/aromatic N) is 2. The Bertz CT molecular complexity index is 679. The second-order valence-corrected chi connectivity index (χ2v) is 6.41. The number of rotatable bonds is 3. The van der Waals surface area contributed by atoms with Gasteiger partial charge in [-0.3, -0.25) is 4.99 Å². The van der Waals surface area contributed by atoms with Crippen molar-refractivity contribution in [1.29, 1.82) is 0 Å². The topological polar surface area (TPSA) is 35.8 Å². The lowest BCUT2D eigenvalue weighted by molar-refractivity contribution is 0.474. The molecule has 1 fully saturated rings. The molecule has 1 aliphatic heterocycles. The van der Waals surface area contributed by atoms with Gasteiger partial charge in [0, 0.05) is 29.3 Å². The van der Waals surface area contributed by atoms with Gasteiger partial charge < -0.3 is 10.0 Å². The number of phenols is 1. The molecule has 1 saturated heterocycles. The number of benzene rings is 2. The third-order valence-corrected chi connectivity index (χ3v) is 4.40. The quantitative estimate of drug-likeness (QED) is 0.792.